The molecule has 16 heavy (non-hydrogen) atoms. The minimum absolute atomic E-state index is 0.582. The Morgan fingerprint density at radius 3 is 1.81 bits per heavy atom. The largest absolute Gasteiger partial charge is 0.377 e. The summed E-state index contributed by atoms with van der Waals surface area (Å²) in [6.45, 7) is 12.5. The molecule has 0 unspecified atom stereocenters. The van der Waals surface area contributed by atoms with E-state index >= 15 is 0 Å². The molecule has 0 heterocycles. The summed E-state index contributed by atoms with van der Waals surface area (Å²) in [5, 5.41) is 0. The SMILES string of the molecule is CCOCc1cc(C(C)C)cc(C(C)C)c1. The molecule has 0 fully saturated rings. The number of benzene rings is 1. The molecule has 1 rings (SSSR count). The third kappa shape index (κ3) is 3.64. The van der Waals surface area contributed by atoms with Crippen molar-refractivity contribution in [1.82, 2.24) is 0 Å². The molecule has 0 amide bonds. The van der Waals surface area contributed by atoms with Crippen molar-refractivity contribution in [3.8, 4) is 0 Å². The lowest BCUT2D eigenvalue weighted by atomic mass is 9.93. The van der Waals surface area contributed by atoms with E-state index in [9.17, 15) is 0 Å². The highest BCUT2D eigenvalue weighted by molar-refractivity contribution is 5.33. The highest BCUT2D eigenvalue weighted by Gasteiger charge is 2.07. The van der Waals surface area contributed by atoms with Crippen LogP contribution in [0.1, 0.15) is 63.1 Å². The molecule has 1 aromatic carbocycles. The molecule has 0 spiro atoms. The van der Waals surface area contributed by atoms with Gasteiger partial charge >= 0.3 is 0 Å². The average molecular weight is 220 g/mol. The average Bonchev–Trinajstić information content (AvgIpc) is 2.25. The second-order valence-electron chi connectivity index (χ2n) is 4.95. The predicted octanol–water partition coefficient (Wildman–Crippen LogP) is 4.47. The van der Waals surface area contributed by atoms with Crippen LogP contribution >= 0.6 is 0 Å². The van der Waals surface area contributed by atoms with Crippen LogP contribution in [-0.4, -0.2) is 6.61 Å². The molecule has 90 valence electrons. The van der Waals surface area contributed by atoms with Crippen molar-refractivity contribution >= 4 is 0 Å². The third-order valence-electron chi connectivity index (χ3n) is 2.84. The van der Waals surface area contributed by atoms with E-state index in [-0.39, 0.29) is 0 Å². The molecule has 0 bridgehead atoms. The van der Waals surface area contributed by atoms with E-state index < -0.39 is 0 Å². The minimum atomic E-state index is 0.582. The third-order valence-corrected chi connectivity index (χ3v) is 2.84. The van der Waals surface area contributed by atoms with Crippen LogP contribution in [-0.2, 0) is 11.3 Å². The number of hydrogen-bond donors (Lipinski definition) is 0. The molecule has 0 aliphatic rings. The molecule has 0 saturated heterocycles. The Bertz CT molecular complexity index is 300. The van der Waals surface area contributed by atoms with Crippen molar-refractivity contribution in [2.24, 2.45) is 0 Å². The first-order valence-electron chi connectivity index (χ1n) is 6.26. The standard InChI is InChI=1S/C15H24O/c1-6-16-10-13-7-14(11(2)3)9-15(8-13)12(4)5/h7-9,11-12H,6,10H2,1-5H3. The quantitative estimate of drug-likeness (QED) is 0.711. The zero-order chi connectivity index (χ0) is 12.1. The van der Waals surface area contributed by atoms with Crippen LogP contribution in [0.5, 0.6) is 0 Å². The summed E-state index contributed by atoms with van der Waals surface area (Å²) in [6, 6.07) is 6.86. The van der Waals surface area contributed by atoms with Gasteiger partial charge in [-0.15, -0.1) is 0 Å². The summed E-state index contributed by atoms with van der Waals surface area (Å²) < 4.78 is 5.49. The molecule has 1 aromatic rings. The van der Waals surface area contributed by atoms with Gasteiger partial charge in [0.15, 0.2) is 0 Å². The van der Waals surface area contributed by atoms with Crippen LogP contribution in [0.3, 0.4) is 0 Å². The van der Waals surface area contributed by atoms with Gasteiger partial charge in [0.25, 0.3) is 0 Å². The topological polar surface area (TPSA) is 9.23 Å². The number of ether oxygens (including phenoxy) is 1. The van der Waals surface area contributed by atoms with Gasteiger partial charge in [-0.2, -0.15) is 0 Å². The maximum Gasteiger partial charge on any atom is 0.0716 e. The fraction of sp³-hybridized carbons (Fsp3) is 0.600. The summed E-state index contributed by atoms with van der Waals surface area (Å²) >= 11 is 0. The van der Waals surface area contributed by atoms with E-state index in [1.165, 1.54) is 16.7 Å². The maximum atomic E-state index is 5.49. The zero-order valence-corrected chi connectivity index (χ0v) is 11.2. The van der Waals surface area contributed by atoms with Crippen molar-refractivity contribution < 1.29 is 4.74 Å². The lowest BCUT2D eigenvalue weighted by Crippen LogP contribution is -1.99. The first-order valence-corrected chi connectivity index (χ1v) is 6.26. The highest BCUT2D eigenvalue weighted by atomic mass is 16.5. The van der Waals surface area contributed by atoms with Crippen LogP contribution in [0.2, 0.25) is 0 Å². The Labute approximate surface area is 99.8 Å². The van der Waals surface area contributed by atoms with Gasteiger partial charge in [-0.3, -0.25) is 0 Å². The van der Waals surface area contributed by atoms with Crippen LogP contribution in [0, 0.1) is 0 Å². The van der Waals surface area contributed by atoms with Gasteiger partial charge in [0, 0.05) is 6.61 Å². The minimum Gasteiger partial charge on any atom is -0.377 e. The summed E-state index contributed by atoms with van der Waals surface area (Å²) in [5.41, 5.74) is 4.14. The van der Waals surface area contributed by atoms with E-state index in [1.807, 2.05) is 6.92 Å². The van der Waals surface area contributed by atoms with Crippen LogP contribution in [0.25, 0.3) is 0 Å². The van der Waals surface area contributed by atoms with Gasteiger partial charge in [0.05, 0.1) is 6.61 Å². The van der Waals surface area contributed by atoms with Crippen LogP contribution in [0.15, 0.2) is 18.2 Å². The van der Waals surface area contributed by atoms with Gasteiger partial charge < -0.3 is 4.74 Å². The fourth-order valence-corrected chi connectivity index (χ4v) is 1.72. The molecule has 1 nitrogen and oxygen atoms in total. The van der Waals surface area contributed by atoms with Crippen molar-refractivity contribution in [2.75, 3.05) is 6.61 Å². The van der Waals surface area contributed by atoms with Gasteiger partial charge in [-0.05, 0) is 35.4 Å². The molecule has 0 aliphatic heterocycles. The monoisotopic (exact) mass is 220 g/mol. The normalized spacial score (nSPS) is 11.4. The van der Waals surface area contributed by atoms with Gasteiger partial charge in [-0.1, -0.05) is 45.9 Å². The Morgan fingerprint density at radius 1 is 0.938 bits per heavy atom. The molecular weight excluding hydrogens is 196 g/mol. The van der Waals surface area contributed by atoms with E-state index in [2.05, 4.69) is 45.9 Å². The molecule has 0 saturated carbocycles. The van der Waals surface area contributed by atoms with Gasteiger partial charge in [0.2, 0.25) is 0 Å². The number of hydrogen-bond acceptors (Lipinski definition) is 1. The first-order chi connectivity index (χ1) is 7.54. The predicted molar refractivity (Wildman–Crippen MR) is 70.0 cm³/mol. The van der Waals surface area contributed by atoms with Gasteiger partial charge in [0.1, 0.15) is 0 Å². The second-order valence-corrected chi connectivity index (χ2v) is 4.95. The lowest BCUT2D eigenvalue weighted by molar-refractivity contribution is 0.134. The van der Waals surface area contributed by atoms with Crippen molar-refractivity contribution in [2.45, 2.75) is 53.1 Å². The first kappa shape index (κ1) is 13.2. The summed E-state index contributed by atoms with van der Waals surface area (Å²) in [6.07, 6.45) is 0. The van der Waals surface area contributed by atoms with E-state index in [1.54, 1.807) is 0 Å². The smallest absolute Gasteiger partial charge is 0.0716 e. The van der Waals surface area contributed by atoms with Crippen LogP contribution < -0.4 is 0 Å². The Morgan fingerprint density at radius 2 is 1.44 bits per heavy atom. The van der Waals surface area contributed by atoms with Crippen molar-refractivity contribution in [3.05, 3.63) is 34.9 Å². The fourth-order valence-electron chi connectivity index (χ4n) is 1.72. The number of rotatable bonds is 5. The summed E-state index contributed by atoms with van der Waals surface area (Å²) in [7, 11) is 0. The molecular formula is C15H24O. The lowest BCUT2D eigenvalue weighted by Gasteiger charge is -2.14. The second kappa shape index (κ2) is 6.05. The van der Waals surface area contributed by atoms with E-state index in [0.717, 1.165) is 13.2 Å². The molecule has 0 atom stereocenters. The maximum absolute atomic E-state index is 5.49. The molecule has 0 aliphatic carbocycles. The molecule has 1 heteroatoms. The van der Waals surface area contributed by atoms with Crippen molar-refractivity contribution in [3.63, 3.8) is 0 Å². The summed E-state index contributed by atoms with van der Waals surface area (Å²) in [4.78, 5) is 0. The summed E-state index contributed by atoms with van der Waals surface area (Å²) in [5.74, 6) is 1.16. The molecule has 0 radical (unpaired) electrons. The highest BCUT2D eigenvalue weighted by Crippen LogP contribution is 2.23. The Kier molecular flexibility index (Phi) is 5.01. The van der Waals surface area contributed by atoms with E-state index in [0.29, 0.717) is 11.8 Å². The Hall–Kier alpha value is -0.820. The van der Waals surface area contributed by atoms with Gasteiger partial charge in [-0.25, -0.2) is 0 Å². The van der Waals surface area contributed by atoms with Crippen molar-refractivity contribution in [1.29, 1.82) is 0 Å². The Balaban J connectivity index is 2.99. The van der Waals surface area contributed by atoms with Crippen LogP contribution in [0.4, 0.5) is 0 Å². The molecule has 0 aromatic heterocycles. The van der Waals surface area contributed by atoms with E-state index in [4.69, 9.17) is 4.74 Å². The zero-order valence-electron chi connectivity index (χ0n) is 11.2. The molecule has 0 N–H and O–H groups in total.